The third-order valence-corrected chi connectivity index (χ3v) is 4.52. The Labute approximate surface area is 203 Å². The van der Waals surface area contributed by atoms with Crippen LogP contribution < -0.4 is 20.3 Å². The molecule has 2 aromatic carbocycles. The van der Waals surface area contributed by atoms with Crippen LogP contribution >= 0.6 is 0 Å². The first-order valence-corrected chi connectivity index (χ1v) is 11.3. The number of rotatable bonds is 12. The van der Waals surface area contributed by atoms with Gasteiger partial charge in [-0.05, 0) is 84.6 Å². The Balaban J connectivity index is 1.47. The molecule has 0 atom stereocenters. The van der Waals surface area contributed by atoms with E-state index in [1.807, 2.05) is 62.4 Å². The molecule has 0 unspecified atom stereocenters. The van der Waals surface area contributed by atoms with Gasteiger partial charge in [0, 0.05) is 0 Å². The van der Waals surface area contributed by atoms with Crippen LogP contribution in [0.15, 0.2) is 75.3 Å². The first kappa shape index (κ1) is 25.2. The monoisotopic (exact) mass is 476 g/mol. The summed E-state index contributed by atoms with van der Waals surface area (Å²) in [5.41, 5.74) is 6.30. The van der Waals surface area contributed by atoms with Gasteiger partial charge in [0.25, 0.3) is 0 Å². The number of hydrogen-bond acceptors (Lipinski definition) is 7. The predicted molar refractivity (Wildman–Crippen MR) is 133 cm³/mol. The van der Waals surface area contributed by atoms with E-state index in [4.69, 9.17) is 13.9 Å². The summed E-state index contributed by atoms with van der Waals surface area (Å²) in [5.74, 6) is 0.265. The van der Waals surface area contributed by atoms with Gasteiger partial charge in [-0.3, -0.25) is 9.59 Å². The number of carbonyl (C=O) groups excluding carboxylic acids is 2. The lowest BCUT2D eigenvalue weighted by atomic mass is 10.2. The van der Waals surface area contributed by atoms with Crippen molar-refractivity contribution in [3.05, 3.63) is 83.3 Å². The molecule has 35 heavy (non-hydrogen) atoms. The minimum atomic E-state index is -0.586. The molecule has 0 spiro atoms. The number of hydrazone groups is 2. The van der Waals surface area contributed by atoms with E-state index >= 15 is 0 Å². The summed E-state index contributed by atoms with van der Waals surface area (Å²) in [6, 6.07) is 17.4. The topological polar surface area (TPSA) is 115 Å². The molecule has 0 saturated carbocycles. The largest absolute Gasteiger partial charge is 0.494 e. The van der Waals surface area contributed by atoms with Gasteiger partial charge in [-0.25, -0.2) is 10.9 Å². The Hall–Kier alpha value is -4.40. The fraction of sp³-hybridized carbons (Fsp3) is 0.231. The highest BCUT2D eigenvalue weighted by Crippen LogP contribution is 2.12. The van der Waals surface area contributed by atoms with E-state index in [1.54, 1.807) is 0 Å². The van der Waals surface area contributed by atoms with Crippen LogP contribution in [0.2, 0.25) is 0 Å². The van der Waals surface area contributed by atoms with E-state index in [2.05, 4.69) is 21.1 Å². The van der Waals surface area contributed by atoms with Crippen LogP contribution in [0.3, 0.4) is 0 Å². The maximum Gasteiger partial charge on any atom is 0.307 e. The van der Waals surface area contributed by atoms with Crippen LogP contribution in [-0.2, 0) is 0 Å². The van der Waals surface area contributed by atoms with E-state index in [9.17, 15) is 9.59 Å². The van der Waals surface area contributed by atoms with Crippen molar-refractivity contribution in [2.75, 3.05) is 13.2 Å². The number of hydrogen-bond donors (Lipinski definition) is 2. The molecule has 182 valence electrons. The Morgan fingerprint density at radius 1 is 0.714 bits per heavy atom. The van der Waals surface area contributed by atoms with Gasteiger partial charge in [-0.15, -0.1) is 0 Å². The van der Waals surface area contributed by atoms with E-state index in [0.717, 1.165) is 35.5 Å². The van der Waals surface area contributed by atoms with Gasteiger partial charge in [-0.2, -0.15) is 10.2 Å². The third kappa shape index (κ3) is 8.15. The van der Waals surface area contributed by atoms with Crippen LogP contribution in [0.1, 0.15) is 58.9 Å². The molecule has 0 bridgehead atoms. The summed E-state index contributed by atoms with van der Waals surface area (Å²) in [5, 5.41) is 7.82. The fourth-order valence-electron chi connectivity index (χ4n) is 2.76. The van der Waals surface area contributed by atoms with Crippen molar-refractivity contribution < 1.29 is 23.5 Å². The highest BCUT2D eigenvalue weighted by Gasteiger charge is 2.15. The van der Waals surface area contributed by atoms with E-state index in [1.165, 1.54) is 24.6 Å². The molecule has 2 N–H and O–H groups in total. The number of carbonyl (C=O) groups is 2. The van der Waals surface area contributed by atoms with Gasteiger partial charge in [-0.1, -0.05) is 13.8 Å². The molecule has 1 aromatic heterocycles. The SMILES string of the molecule is CCCOc1ccc(/C=N/NC(=O)c2ccc(C(=O)N/N=C/c3ccc(OCCC)cc3)o2)cc1. The number of furan rings is 1. The molecule has 0 aliphatic carbocycles. The minimum Gasteiger partial charge on any atom is -0.494 e. The van der Waals surface area contributed by atoms with Gasteiger partial charge in [0.1, 0.15) is 11.5 Å². The normalized spacial score (nSPS) is 11.0. The lowest BCUT2D eigenvalue weighted by molar-refractivity contribution is 0.0902. The lowest BCUT2D eigenvalue weighted by Gasteiger charge is -2.03. The van der Waals surface area contributed by atoms with Gasteiger partial charge in [0.15, 0.2) is 11.5 Å². The second-order valence-corrected chi connectivity index (χ2v) is 7.40. The molecular weight excluding hydrogens is 448 g/mol. The Morgan fingerprint density at radius 2 is 1.11 bits per heavy atom. The molecule has 0 aliphatic rings. The van der Waals surface area contributed by atoms with E-state index in [0.29, 0.717) is 13.2 Å². The van der Waals surface area contributed by atoms with Crippen LogP contribution in [0.4, 0.5) is 0 Å². The Morgan fingerprint density at radius 3 is 1.49 bits per heavy atom. The van der Waals surface area contributed by atoms with Crippen LogP contribution in [0.5, 0.6) is 11.5 Å². The molecular formula is C26H28N4O5. The average molecular weight is 477 g/mol. The first-order chi connectivity index (χ1) is 17.1. The Kier molecular flexibility index (Phi) is 9.62. The smallest absolute Gasteiger partial charge is 0.307 e. The van der Waals surface area contributed by atoms with Crippen molar-refractivity contribution in [1.82, 2.24) is 10.9 Å². The zero-order valence-corrected chi connectivity index (χ0v) is 19.7. The van der Waals surface area contributed by atoms with Crippen LogP contribution in [0.25, 0.3) is 0 Å². The molecule has 2 amide bonds. The second-order valence-electron chi connectivity index (χ2n) is 7.40. The summed E-state index contributed by atoms with van der Waals surface area (Å²) in [6.07, 6.45) is 4.86. The molecule has 0 saturated heterocycles. The number of nitrogens with zero attached hydrogens (tertiary/aromatic N) is 2. The molecule has 1 heterocycles. The number of ether oxygens (including phenoxy) is 2. The van der Waals surface area contributed by atoms with Crippen molar-refractivity contribution >= 4 is 24.2 Å². The number of amides is 2. The summed E-state index contributed by atoms with van der Waals surface area (Å²) < 4.78 is 16.4. The molecule has 0 radical (unpaired) electrons. The fourth-order valence-corrected chi connectivity index (χ4v) is 2.76. The lowest BCUT2D eigenvalue weighted by Crippen LogP contribution is -2.18. The Bertz CT molecular complexity index is 1060. The average Bonchev–Trinajstić information content (AvgIpc) is 3.38. The third-order valence-electron chi connectivity index (χ3n) is 4.52. The van der Waals surface area contributed by atoms with Crippen molar-refractivity contribution in [3.63, 3.8) is 0 Å². The summed E-state index contributed by atoms with van der Waals surface area (Å²) in [7, 11) is 0. The van der Waals surface area contributed by atoms with Crippen molar-refractivity contribution in [3.8, 4) is 11.5 Å². The minimum absolute atomic E-state index is 0.0535. The van der Waals surface area contributed by atoms with Gasteiger partial charge in [0.05, 0.1) is 25.6 Å². The van der Waals surface area contributed by atoms with E-state index in [-0.39, 0.29) is 11.5 Å². The second kappa shape index (κ2) is 13.3. The van der Waals surface area contributed by atoms with Gasteiger partial charge >= 0.3 is 11.8 Å². The summed E-state index contributed by atoms with van der Waals surface area (Å²) in [6.45, 7) is 5.39. The standard InChI is InChI=1S/C26H28N4O5/c1-3-15-33-21-9-5-19(6-10-21)17-27-29-25(31)23-13-14-24(35-23)26(32)30-28-18-20-7-11-22(12-8-20)34-16-4-2/h5-14,17-18H,3-4,15-16H2,1-2H3,(H,29,31)(H,30,32)/b27-17+,28-18+. The van der Waals surface area contributed by atoms with Crippen molar-refractivity contribution in [2.45, 2.75) is 26.7 Å². The highest BCUT2D eigenvalue weighted by atomic mass is 16.5. The zero-order valence-electron chi connectivity index (χ0n) is 19.7. The summed E-state index contributed by atoms with van der Waals surface area (Å²) in [4.78, 5) is 24.5. The predicted octanol–water partition coefficient (Wildman–Crippen LogP) is 4.39. The highest BCUT2D eigenvalue weighted by molar-refractivity contribution is 5.96. The summed E-state index contributed by atoms with van der Waals surface area (Å²) >= 11 is 0. The van der Waals surface area contributed by atoms with Crippen molar-refractivity contribution in [2.24, 2.45) is 10.2 Å². The maximum atomic E-state index is 12.2. The first-order valence-electron chi connectivity index (χ1n) is 11.3. The molecule has 9 nitrogen and oxygen atoms in total. The maximum absolute atomic E-state index is 12.2. The van der Waals surface area contributed by atoms with Crippen LogP contribution in [-0.4, -0.2) is 37.5 Å². The quantitative estimate of drug-likeness (QED) is 0.297. The molecule has 0 fully saturated rings. The molecule has 3 rings (SSSR count). The van der Waals surface area contributed by atoms with Gasteiger partial charge in [0.2, 0.25) is 0 Å². The molecule has 9 heteroatoms. The van der Waals surface area contributed by atoms with Gasteiger partial charge < -0.3 is 13.9 Å². The van der Waals surface area contributed by atoms with Crippen molar-refractivity contribution in [1.29, 1.82) is 0 Å². The van der Waals surface area contributed by atoms with E-state index < -0.39 is 11.8 Å². The zero-order chi connectivity index (χ0) is 24.9. The van der Waals surface area contributed by atoms with Crippen LogP contribution in [0, 0.1) is 0 Å². The molecule has 3 aromatic rings. The number of benzene rings is 2. The number of nitrogens with one attached hydrogen (secondary N) is 2. The molecule has 0 aliphatic heterocycles.